The molecule has 0 spiro atoms. The van der Waals surface area contributed by atoms with Crippen LogP contribution in [0.5, 0.6) is 0 Å². The maximum absolute atomic E-state index is 12.4. The number of carbonyl (C=O) groups excluding carboxylic acids is 1. The summed E-state index contributed by atoms with van der Waals surface area (Å²) in [5.41, 5.74) is -0.439. The van der Waals surface area contributed by atoms with Crippen LogP contribution in [0.15, 0.2) is 0 Å². The summed E-state index contributed by atoms with van der Waals surface area (Å²) >= 11 is 0. The predicted octanol–water partition coefficient (Wildman–Crippen LogP) is 4.61. The summed E-state index contributed by atoms with van der Waals surface area (Å²) in [6, 6.07) is 0.221. The van der Waals surface area contributed by atoms with Gasteiger partial charge < -0.3 is 9.64 Å². The number of hydrogen-bond acceptors (Lipinski definition) is 2. The van der Waals surface area contributed by atoms with Gasteiger partial charge in [0.1, 0.15) is 5.60 Å². The number of carbonyl (C=O) groups is 1. The summed E-state index contributed by atoms with van der Waals surface area (Å²) < 4.78 is 5.53. The van der Waals surface area contributed by atoms with Crippen LogP contribution in [-0.2, 0) is 4.74 Å². The van der Waals surface area contributed by atoms with Gasteiger partial charge in [-0.1, -0.05) is 25.7 Å². The zero-order valence-corrected chi connectivity index (χ0v) is 14.4. The molecule has 0 heterocycles. The van der Waals surface area contributed by atoms with Gasteiger partial charge in [0, 0.05) is 24.9 Å². The average molecular weight is 293 g/mol. The van der Waals surface area contributed by atoms with Gasteiger partial charge in [0.15, 0.2) is 0 Å². The van der Waals surface area contributed by atoms with Crippen LogP contribution in [0.25, 0.3) is 0 Å². The molecule has 21 heavy (non-hydrogen) atoms. The van der Waals surface area contributed by atoms with Gasteiger partial charge in [0.05, 0.1) is 0 Å². The van der Waals surface area contributed by atoms with E-state index in [4.69, 9.17) is 4.74 Å². The first-order valence-electron chi connectivity index (χ1n) is 8.37. The molecule has 2 atom stereocenters. The van der Waals surface area contributed by atoms with Gasteiger partial charge in [-0.05, 0) is 47.0 Å². The van der Waals surface area contributed by atoms with E-state index in [1.54, 1.807) is 0 Å². The monoisotopic (exact) mass is 293 g/mol. The van der Waals surface area contributed by atoms with E-state index in [0.29, 0.717) is 12.5 Å². The van der Waals surface area contributed by atoms with Crippen molar-refractivity contribution in [2.24, 2.45) is 5.92 Å². The van der Waals surface area contributed by atoms with E-state index in [1.807, 2.05) is 32.6 Å². The Hall–Kier alpha value is -1.17. The van der Waals surface area contributed by atoms with Gasteiger partial charge in [-0.2, -0.15) is 0 Å². The SMILES string of the molecule is CCCCC#C[C@H]1CCC[C@H]1N(CC)C(=O)OC(C)(C)C. The van der Waals surface area contributed by atoms with E-state index in [9.17, 15) is 4.79 Å². The third-order valence-electron chi connectivity index (χ3n) is 3.79. The molecule has 0 N–H and O–H groups in total. The van der Waals surface area contributed by atoms with Gasteiger partial charge in [-0.3, -0.25) is 0 Å². The molecule has 0 bridgehead atoms. The van der Waals surface area contributed by atoms with Crippen LogP contribution < -0.4 is 0 Å². The van der Waals surface area contributed by atoms with Gasteiger partial charge in [-0.25, -0.2) is 4.79 Å². The highest BCUT2D eigenvalue weighted by Crippen LogP contribution is 2.30. The van der Waals surface area contributed by atoms with Crippen LogP contribution in [-0.4, -0.2) is 29.2 Å². The minimum Gasteiger partial charge on any atom is -0.444 e. The molecule has 1 fully saturated rings. The normalized spacial score (nSPS) is 21.6. The maximum atomic E-state index is 12.4. The van der Waals surface area contributed by atoms with Crippen molar-refractivity contribution < 1.29 is 9.53 Å². The lowest BCUT2D eigenvalue weighted by Gasteiger charge is -2.32. The van der Waals surface area contributed by atoms with Crippen molar-refractivity contribution in [1.82, 2.24) is 4.90 Å². The fraction of sp³-hybridized carbons (Fsp3) is 0.833. The first-order valence-corrected chi connectivity index (χ1v) is 8.37. The molecule has 3 nitrogen and oxygen atoms in total. The Morgan fingerprint density at radius 1 is 1.29 bits per heavy atom. The maximum Gasteiger partial charge on any atom is 0.410 e. The smallest absolute Gasteiger partial charge is 0.410 e. The average Bonchev–Trinajstić information content (AvgIpc) is 2.82. The third kappa shape index (κ3) is 5.99. The van der Waals surface area contributed by atoms with Crippen molar-refractivity contribution in [1.29, 1.82) is 0 Å². The van der Waals surface area contributed by atoms with Gasteiger partial charge >= 0.3 is 6.09 Å². The lowest BCUT2D eigenvalue weighted by molar-refractivity contribution is 0.0155. The molecule has 1 aliphatic carbocycles. The number of unbranched alkanes of at least 4 members (excludes halogenated alkanes) is 2. The van der Waals surface area contributed by atoms with Crippen molar-refractivity contribution in [3.05, 3.63) is 0 Å². The lowest BCUT2D eigenvalue weighted by atomic mass is 10.0. The highest BCUT2D eigenvalue weighted by atomic mass is 16.6. The first-order chi connectivity index (χ1) is 9.89. The second-order valence-corrected chi connectivity index (χ2v) is 6.80. The largest absolute Gasteiger partial charge is 0.444 e. The predicted molar refractivity (Wildman–Crippen MR) is 87.0 cm³/mol. The molecule has 0 radical (unpaired) electrons. The summed E-state index contributed by atoms with van der Waals surface area (Å²) in [6.45, 7) is 10.6. The molecule has 1 rings (SSSR count). The van der Waals surface area contributed by atoms with Crippen LogP contribution in [0.3, 0.4) is 0 Å². The molecule has 1 aliphatic rings. The zero-order chi connectivity index (χ0) is 15.9. The Kier molecular flexibility index (Phi) is 7.08. The summed E-state index contributed by atoms with van der Waals surface area (Å²) in [4.78, 5) is 14.2. The lowest BCUT2D eigenvalue weighted by Crippen LogP contribution is -2.44. The third-order valence-corrected chi connectivity index (χ3v) is 3.79. The Morgan fingerprint density at radius 3 is 2.57 bits per heavy atom. The molecule has 0 aliphatic heterocycles. The molecule has 1 amide bonds. The molecule has 0 unspecified atom stereocenters. The van der Waals surface area contributed by atoms with Gasteiger partial charge in [0.2, 0.25) is 0 Å². The van der Waals surface area contributed by atoms with E-state index < -0.39 is 5.60 Å². The molecule has 0 saturated heterocycles. The minimum atomic E-state index is -0.439. The van der Waals surface area contributed by atoms with E-state index >= 15 is 0 Å². The van der Waals surface area contributed by atoms with Gasteiger partial charge in [0.25, 0.3) is 0 Å². The first kappa shape index (κ1) is 17.9. The molecule has 3 heteroatoms. The number of nitrogens with zero attached hydrogens (tertiary/aromatic N) is 1. The molecule has 0 aromatic carbocycles. The highest BCUT2D eigenvalue weighted by molar-refractivity contribution is 5.68. The Balaban J connectivity index is 2.69. The van der Waals surface area contributed by atoms with Crippen molar-refractivity contribution in [3.8, 4) is 11.8 Å². The number of amides is 1. The minimum absolute atomic E-state index is 0.197. The number of rotatable bonds is 4. The number of hydrogen-bond donors (Lipinski definition) is 0. The molecule has 120 valence electrons. The topological polar surface area (TPSA) is 29.5 Å². The summed E-state index contributed by atoms with van der Waals surface area (Å²) in [5.74, 6) is 7.01. The van der Waals surface area contributed by atoms with Crippen LogP contribution in [0, 0.1) is 17.8 Å². The summed E-state index contributed by atoms with van der Waals surface area (Å²) in [5, 5.41) is 0. The van der Waals surface area contributed by atoms with Crippen LogP contribution in [0.1, 0.15) is 73.1 Å². The second kappa shape index (κ2) is 8.32. The van der Waals surface area contributed by atoms with Crippen LogP contribution >= 0.6 is 0 Å². The van der Waals surface area contributed by atoms with Crippen molar-refractivity contribution in [3.63, 3.8) is 0 Å². The van der Waals surface area contributed by atoms with E-state index in [2.05, 4.69) is 18.8 Å². The standard InChI is InChI=1S/C18H31NO2/c1-6-8-9-10-12-15-13-11-14-16(15)19(7-2)17(20)21-18(3,4)5/h15-16H,6-9,11,13-14H2,1-5H3/t15-,16+/m0/s1. The second-order valence-electron chi connectivity index (χ2n) is 6.80. The van der Waals surface area contributed by atoms with Crippen LogP contribution in [0.2, 0.25) is 0 Å². The number of ether oxygens (including phenoxy) is 1. The van der Waals surface area contributed by atoms with E-state index in [0.717, 1.165) is 32.1 Å². The van der Waals surface area contributed by atoms with E-state index in [-0.39, 0.29) is 12.1 Å². The van der Waals surface area contributed by atoms with Crippen molar-refractivity contribution >= 4 is 6.09 Å². The molecule has 0 aromatic heterocycles. The quantitative estimate of drug-likeness (QED) is 0.560. The van der Waals surface area contributed by atoms with Crippen molar-refractivity contribution in [2.75, 3.05) is 6.54 Å². The summed E-state index contributed by atoms with van der Waals surface area (Å²) in [6.07, 6.45) is 6.41. The fourth-order valence-electron chi connectivity index (χ4n) is 2.77. The van der Waals surface area contributed by atoms with Crippen molar-refractivity contribution in [2.45, 2.75) is 84.8 Å². The Morgan fingerprint density at radius 2 is 2.00 bits per heavy atom. The molecular formula is C18H31NO2. The fourth-order valence-corrected chi connectivity index (χ4v) is 2.77. The Labute approximate surface area is 130 Å². The van der Waals surface area contributed by atoms with Crippen LogP contribution in [0.4, 0.5) is 4.79 Å². The highest BCUT2D eigenvalue weighted by Gasteiger charge is 2.35. The van der Waals surface area contributed by atoms with E-state index in [1.165, 1.54) is 6.42 Å². The van der Waals surface area contributed by atoms with Gasteiger partial charge in [-0.15, -0.1) is 5.92 Å². The molecular weight excluding hydrogens is 262 g/mol. The summed E-state index contributed by atoms with van der Waals surface area (Å²) in [7, 11) is 0. The Bertz CT molecular complexity index is 386. The zero-order valence-electron chi connectivity index (χ0n) is 14.4. The molecule has 1 saturated carbocycles. The molecule has 0 aromatic rings.